The van der Waals surface area contributed by atoms with Crippen LogP contribution in [-0.2, 0) is 20.9 Å². The van der Waals surface area contributed by atoms with E-state index in [1.165, 1.54) is 18.2 Å². The summed E-state index contributed by atoms with van der Waals surface area (Å²) in [7, 11) is -3.47. The minimum Gasteiger partial charge on any atom is -0.465 e. The van der Waals surface area contributed by atoms with E-state index in [0.29, 0.717) is 11.6 Å². The van der Waals surface area contributed by atoms with E-state index in [9.17, 15) is 26.4 Å². The zero-order chi connectivity index (χ0) is 18.8. The number of benzene rings is 2. The van der Waals surface area contributed by atoms with Gasteiger partial charge in [-0.1, -0.05) is 24.3 Å². The number of aryl methyl sites for hydroxylation is 1. The largest absolute Gasteiger partial charge is 0.465 e. The van der Waals surface area contributed by atoms with Crippen LogP contribution in [0.25, 0.3) is 0 Å². The SMILES string of the molecule is COC(=O)c1c(C)cccc1NS(=O)(=O)c1ccccc1C(F)(F)F. The van der Waals surface area contributed by atoms with Gasteiger partial charge < -0.3 is 4.74 Å². The van der Waals surface area contributed by atoms with E-state index in [2.05, 4.69) is 4.74 Å². The predicted molar refractivity (Wildman–Crippen MR) is 84.8 cm³/mol. The number of anilines is 1. The van der Waals surface area contributed by atoms with Gasteiger partial charge in [-0.3, -0.25) is 4.72 Å². The minimum absolute atomic E-state index is 0.0712. The lowest BCUT2D eigenvalue weighted by Crippen LogP contribution is -2.20. The number of sulfonamides is 1. The number of alkyl halides is 3. The van der Waals surface area contributed by atoms with Gasteiger partial charge in [0.25, 0.3) is 10.0 Å². The maximum absolute atomic E-state index is 13.1. The van der Waals surface area contributed by atoms with Crippen molar-refractivity contribution in [1.29, 1.82) is 0 Å². The molecule has 2 rings (SSSR count). The number of rotatable bonds is 4. The lowest BCUT2D eigenvalue weighted by Gasteiger charge is -2.16. The highest BCUT2D eigenvalue weighted by atomic mass is 32.2. The lowest BCUT2D eigenvalue weighted by atomic mass is 10.1. The maximum atomic E-state index is 13.1. The van der Waals surface area contributed by atoms with E-state index in [0.717, 1.165) is 19.2 Å². The predicted octanol–water partition coefficient (Wildman–Crippen LogP) is 3.60. The number of hydrogen-bond donors (Lipinski definition) is 1. The van der Waals surface area contributed by atoms with Crippen LogP contribution in [0, 0.1) is 6.92 Å². The Labute approximate surface area is 142 Å². The summed E-state index contributed by atoms with van der Waals surface area (Å²) < 4.78 is 70.8. The molecule has 0 unspecified atom stereocenters. The third kappa shape index (κ3) is 3.93. The Balaban J connectivity index is 2.56. The zero-order valence-electron chi connectivity index (χ0n) is 13.2. The Hall–Kier alpha value is -2.55. The van der Waals surface area contributed by atoms with Crippen molar-refractivity contribution in [1.82, 2.24) is 0 Å². The molecule has 25 heavy (non-hydrogen) atoms. The summed E-state index contributed by atoms with van der Waals surface area (Å²) in [5.74, 6) is -0.806. The summed E-state index contributed by atoms with van der Waals surface area (Å²) in [4.78, 5) is 10.9. The number of ether oxygens (including phenoxy) is 1. The quantitative estimate of drug-likeness (QED) is 0.831. The second-order valence-electron chi connectivity index (χ2n) is 5.09. The van der Waals surface area contributed by atoms with Gasteiger partial charge in [-0.15, -0.1) is 0 Å². The Morgan fingerprint density at radius 2 is 1.72 bits per heavy atom. The van der Waals surface area contributed by atoms with Crippen LogP contribution < -0.4 is 4.72 Å². The van der Waals surface area contributed by atoms with Crippen molar-refractivity contribution >= 4 is 21.7 Å². The monoisotopic (exact) mass is 373 g/mol. The van der Waals surface area contributed by atoms with Gasteiger partial charge in [0.05, 0.1) is 28.8 Å². The molecule has 0 aliphatic rings. The molecule has 1 N–H and O–H groups in total. The van der Waals surface area contributed by atoms with E-state index in [1.807, 2.05) is 4.72 Å². The maximum Gasteiger partial charge on any atom is 0.417 e. The van der Waals surface area contributed by atoms with Crippen LogP contribution in [0.2, 0.25) is 0 Å². The van der Waals surface area contributed by atoms with Crippen molar-refractivity contribution in [2.24, 2.45) is 0 Å². The molecule has 0 atom stereocenters. The van der Waals surface area contributed by atoms with Gasteiger partial charge in [0.1, 0.15) is 0 Å². The molecule has 0 heterocycles. The van der Waals surface area contributed by atoms with Gasteiger partial charge in [-0.2, -0.15) is 13.2 Å². The summed E-state index contributed by atoms with van der Waals surface area (Å²) in [6, 6.07) is 8.08. The smallest absolute Gasteiger partial charge is 0.417 e. The number of carbonyl (C=O) groups excluding carboxylic acids is 1. The summed E-state index contributed by atoms with van der Waals surface area (Å²) in [5, 5.41) is 0. The lowest BCUT2D eigenvalue weighted by molar-refractivity contribution is -0.139. The number of halogens is 3. The highest BCUT2D eigenvalue weighted by Crippen LogP contribution is 2.35. The highest BCUT2D eigenvalue weighted by Gasteiger charge is 2.37. The third-order valence-electron chi connectivity index (χ3n) is 3.39. The Morgan fingerprint density at radius 3 is 2.32 bits per heavy atom. The number of carbonyl (C=O) groups is 1. The molecule has 0 aromatic heterocycles. The molecule has 0 fully saturated rings. The number of esters is 1. The normalized spacial score (nSPS) is 11.9. The van der Waals surface area contributed by atoms with Crippen molar-refractivity contribution in [2.75, 3.05) is 11.8 Å². The molecule has 9 heteroatoms. The number of methoxy groups -OCH3 is 1. The van der Waals surface area contributed by atoms with Gasteiger partial charge in [0.15, 0.2) is 0 Å². The van der Waals surface area contributed by atoms with Gasteiger partial charge in [0.2, 0.25) is 0 Å². The molecule has 0 bridgehead atoms. The van der Waals surface area contributed by atoms with E-state index in [4.69, 9.17) is 0 Å². The highest BCUT2D eigenvalue weighted by molar-refractivity contribution is 7.92. The van der Waals surface area contributed by atoms with Gasteiger partial charge in [-0.25, -0.2) is 13.2 Å². The van der Waals surface area contributed by atoms with Crippen LogP contribution in [0.3, 0.4) is 0 Å². The first-order valence-corrected chi connectivity index (χ1v) is 8.43. The first-order valence-electron chi connectivity index (χ1n) is 6.95. The van der Waals surface area contributed by atoms with Crippen LogP contribution in [-0.4, -0.2) is 21.5 Å². The molecular weight excluding hydrogens is 359 g/mol. The van der Waals surface area contributed by atoms with Crippen LogP contribution in [0.4, 0.5) is 18.9 Å². The van der Waals surface area contributed by atoms with Crippen LogP contribution >= 0.6 is 0 Å². The first-order chi connectivity index (χ1) is 11.6. The molecule has 0 aliphatic carbocycles. The second-order valence-corrected chi connectivity index (χ2v) is 6.74. The molecule has 0 amide bonds. The fourth-order valence-corrected chi connectivity index (χ4v) is 3.56. The number of hydrogen-bond acceptors (Lipinski definition) is 4. The Kier molecular flexibility index (Phi) is 5.07. The molecule has 134 valence electrons. The third-order valence-corrected chi connectivity index (χ3v) is 4.81. The average molecular weight is 373 g/mol. The van der Waals surface area contributed by atoms with Crippen molar-refractivity contribution in [3.05, 3.63) is 59.2 Å². The van der Waals surface area contributed by atoms with Crippen LogP contribution in [0.5, 0.6) is 0 Å². The molecule has 0 aliphatic heterocycles. The average Bonchev–Trinajstić information content (AvgIpc) is 2.53. The molecular formula is C16H14F3NO4S. The molecule has 0 radical (unpaired) electrons. The minimum atomic E-state index is -4.84. The Bertz CT molecular complexity index is 908. The van der Waals surface area contributed by atoms with E-state index >= 15 is 0 Å². The van der Waals surface area contributed by atoms with Crippen molar-refractivity contribution in [3.8, 4) is 0 Å². The van der Waals surface area contributed by atoms with Gasteiger partial charge in [0, 0.05) is 0 Å². The van der Waals surface area contributed by atoms with Crippen molar-refractivity contribution < 1.29 is 31.1 Å². The fourth-order valence-electron chi connectivity index (χ4n) is 2.26. The van der Waals surface area contributed by atoms with E-state index in [1.54, 1.807) is 13.0 Å². The molecule has 5 nitrogen and oxygen atoms in total. The summed E-state index contributed by atoms with van der Waals surface area (Å²) in [6.07, 6.45) is -4.84. The van der Waals surface area contributed by atoms with Crippen LogP contribution in [0.1, 0.15) is 21.5 Å². The molecule has 0 spiro atoms. The van der Waals surface area contributed by atoms with Gasteiger partial charge >= 0.3 is 12.1 Å². The van der Waals surface area contributed by atoms with E-state index < -0.39 is 32.6 Å². The van der Waals surface area contributed by atoms with Crippen LogP contribution in [0.15, 0.2) is 47.4 Å². The Morgan fingerprint density at radius 1 is 1.08 bits per heavy atom. The second kappa shape index (κ2) is 6.75. The summed E-state index contributed by atoms with van der Waals surface area (Å²) in [6.45, 7) is 1.55. The topological polar surface area (TPSA) is 72.5 Å². The standard InChI is InChI=1S/C16H14F3NO4S/c1-10-6-5-8-12(14(10)15(21)24-2)20-25(22,23)13-9-4-3-7-11(13)16(17,18)19/h3-9,20H,1-2H3. The summed E-state index contributed by atoms with van der Waals surface area (Å²) in [5.41, 5.74) is -1.12. The first kappa shape index (κ1) is 18.8. The number of nitrogens with one attached hydrogen (secondary N) is 1. The van der Waals surface area contributed by atoms with E-state index in [-0.39, 0.29) is 11.3 Å². The molecule has 0 saturated heterocycles. The summed E-state index contributed by atoms with van der Waals surface area (Å²) >= 11 is 0. The molecule has 2 aromatic rings. The van der Waals surface area contributed by atoms with Crippen molar-refractivity contribution in [2.45, 2.75) is 18.0 Å². The zero-order valence-corrected chi connectivity index (χ0v) is 14.0. The van der Waals surface area contributed by atoms with Gasteiger partial charge in [-0.05, 0) is 30.7 Å². The molecule has 2 aromatic carbocycles. The molecule has 0 saturated carbocycles. The fraction of sp³-hybridized carbons (Fsp3) is 0.188. The van der Waals surface area contributed by atoms with Crippen molar-refractivity contribution in [3.63, 3.8) is 0 Å².